The fourth-order valence-corrected chi connectivity index (χ4v) is 1.37. The summed E-state index contributed by atoms with van der Waals surface area (Å²) in [6.07, 6.45) is 0. The molecular weight excluding hydrogens is 183 g/mol. The standard InChI is InChI=1S/C11H13FO2/c1-6(2)8-4-7(3)5-9(10(8)12)11(13)14/h4-6H,1-3H3,(H,13,14). The van der Waals surface area contributed by atoms with Crippen LogP contribution in [0, 0.1) is 12.7 Å². The van der Waals surface area contributed by atoms with Gasteiger partial charge in [-0.25, -0.2) is 9.18 Å². The number of rotatable bonds is 2. The normalized spacial score (nSPS) is 10.6. The Morgan fingerprint density at radius 1 is 1.43 bits per heavy atom. The highest BCUT2D eigenvalue weighted by Crippen LogP contribution is 2.23. The van der Waals surface area contributed by atoms with E-state index in [4.69, 9.17) is 5.11 Å². The van der Waals surface area contributed by atoms with Gasteiger partial charge in [-0.1, -0.05) is 19.9 Å². The first-order chi connectivity index (χ1) is 6.43. The van der Waals surface area contributed by atoms with Crippen LogP contribution in [0.4, 0.5) is 4.39 Å². The molecule has 0 saturated heterocycles. The minimum absolute atomic E-state index is 0.00648. The second-order valence-corrected chi connectivity index (χ2v) is 3.68. The number of aryl methyl sites for hydroxylation is 1. The van der Waals surface area contributed by atoms with E-state index in [2.05, 4.69) is 0 Å². The fraction of sp³-hybridized carbons (Fsp3) is 0.364. The van der Waals surface area contributed by atoms with E-state index in [1.54, 1.807) is 13.0 Å². The molecule has 0 atom stereocenters. The molecule has 0 radical (unpaired) electrons. The molecule has 14 heavy (non-hydrogen) atoms. The lowest BCUT2D eigenvalue weighted by molar-refractivity contribution is 0.0691. The zero-order valence-corrected chi connectivity index (χ0v) is 8.47. The predicted octanol–water partition coefficient (Wildman–Crippen LogP) is 2.96. The van der Waals surface area contributed by atoms with Gasteiger partial charge in [0.1, 0.15) is 5.82 Å². The highest BCUT2D eigenvalue weighted by molar-refractivity contribution is 5.88. The Morgan fingerprint density at radius 3 is 2.43 bits per heavy atom. The van der Waals surface area contributed by atoms with Gasteiger partial charge in [0.15, 0.2) is 0 Å². The third kappa shape index (κ3) is 1.92. The minimum Gasteiger partial charge on any atom is -0.478 e. The Balaban J connectivity index is 3.40. The van der Waals surface area contributed by atoms with Crippen LogP contribution in [0.15, 0.2) is 12.1 Å². The van der Waals surface area contributed by atoms with E-state index in [1.807, 2.05) is 13.8 Å². The van der Waals surface area contributed by atoms with Gasteiger partial charge in [0.25, 0.3) is 0 Å². The molecule has 0 fully saturated rings. The summed E-state index contributed by atoms with van der Waals surface area (Å²) >= 11 is 0. The summed E-state index contributed by atoms with van der Waals surface area (Å²) in [6.45, 7) is 5.44. The SMILES string of the molecule is Cc1cc(C(=O)O)c(F)c(C(C)C)c1. The van der Waals surface area contributed by atoms with E-state index in [0.717, 1.165) is 5.56 Å². The highest BCUT2D eigenvalue weighted by Gasteiger charge is 2.16. The largest absolute Gasteiger partial charge is 0.478 e. The first-order valence-electron chi connectivity index (χ1n) is 4.46. The molecule has 0 unspecified atom stereocenters. The van der Waals surface area contributed by atoms with Gasteiger partial charge in [0.05, 0.1) is 5.56 Å². The van der Waals surface area contributed by atoms with E-state index >= 15 is 0 Å². The molecule has 0 heterocycles. The average Bonchev–Trinajstić information content (AvgIpc) is 2.07. The van der Waals surface area contributed by atoms with Gasteiger partial charge >= 0.3 is 5.97 Å². The van der Waals surface area contributed by atoms with E-state index in [1.165, 1.54) is 6.07 Å². The summed E-state index contributed by atoms with van der Waals surface area (Å²) in [5, 5.41) is 8.76. The maximum Gasteiger partial charge on any atom is 0.338 e. The first-order valence-corrected chi connectivity index (χ1v) is 4.46. The van der Waals surface area contributed by atoms with Crippen molar-refractivity contribution in [3.05, 3.63) is 34.6 Å². The highest BCUT2D eigenvalue weighted by atomic mass is 19.1. The molecule has 1 aromatic carbocycles. The van der Waals surface area contributed by atoms with Crippen molar-refractivity contribution in [3.8, 4) is 0 Å². The monoisotopic (exact) mass is 196 g/mol. The smallest absolute Gasteiger partial charge is 0.338 e. The van der Waals surface area contributed by atoms with E-state index in [9.17, 15) is 9.18 Å². The molecule has 0 aliphatic carbocycles. The van der Waals surface area contributed by atoms with E-state index in [-0.39, 0.29) is 11.5 Å². The molecule has 0 saturated carbocycles. The van der Waals surface area contributed by atoms with Crippen molar-refractivity contribution in [3.63, 3.8) is 0 Å². The molecule has 0 spiro atoms. The van der Waals surface area contributed by atoms with Crippen LogP contribution >= 0.6 is 0 Å². The van der Waals surface area contributed by atoms with Crippen LogP contribution in [0.3, 0.4) is 0 Å². The van der Waals surface area contributed by atoms with Crippen LogP contribution < -0.4 is 0 Å². The maximum atomic E-state index is 13.6. The number of carboxylic acid groups (broad SMARTS) is 1. The average molecular weight is 196 g/mol. The Hall–Kier alpha value is -1.38. The minimum atomic E-state index is -1.21. The van der Waals surface area contributed by atoms with Crippen LogP contribution in [-0.4, -0.2) is 11.1 Å². The van der Waals surface area contributed by atoms with Crippen molar-refractivity contribution >= 4 is 5.97 Å². The number of hydrogen-bond donors (Lipinski definition) is 1. The lowest BCUT2D eigenvalue weighted by Gasteiger charge is -2.10. The molecule has 1 rings (SSSR count). The number of carbonyl (C=O) groups is 1. The van der Waals surface area contributed by atoms with Gasteiger partial charge in [-0.3, -0.25) is 0 Å². The van der Waals surface area contributed by atoms with Gasteiger partial charge in [0, 0.05) is 0 Å². The van der Waals surface area contributed by atoms with Crippen molar-refractivity contribution in [2.24, 2.45) is 0 Å². The van der Waals surface area contributed by atoms with Crippen molar-refractivity contribution in [1.82, 2.24) is 0 Å². The summed E-state index contributed by atoms with van der Waals surface area (Å²) in [5.41, 5.74) is 0.989. The summed E-state index contributed by atoms with van der Waals surface area (Å²) in [4.78, 5) is 10.7. The molecular formula is C11H13FO2. The van der Waals surface area contributed by atoms with Crippen LogP contribution in [0.5, 0.6) is 0 Å². The Kier molecular flexibility index (Phi) is 2.89. The number of aromatic carboxylic acids is 1. The van der Waals surface area contributed by atoms with Crippen LogP contribution in [0.25, 0.3) is 0 Å². The summed E-state index contributed by atoms with van der Waals surface area (Å²) in [5.74, 6) is -1.83. The van der Waals surface area contributed by atoms with Crippen molar-refractivity contribution in [2.45, 2.75) is 26.7 Å². The molecule has 1 N–H and O–H groups in total. The third-order valence-corrected chi connectivity index (χ3v) is 2.10. The first kappa shape index (κ1) is 10.7. The fourth-order valence-electron chi connectivity index (χ4n) is 1.37. The number of carboxylic acids is 1. The van der Waals surface area contributed by atoms with Gasteiger partial charge in [0.2, 0.25) is 0 Å². The number of halogens is 1. The van der Waals surface area contributed by atoms with Crippen LogP contribution in [-0.2, 0) is 0 Å². The van der Waals surface area contributed by atoms with Crippen LogP contribution in [0.2, 0.25) is 0 Å². The maximum absolute atomic E-state index is 13.6. The topological polar surface area (TPSA) is 37.3 Å². The molecule has 0 amide bonds. The molecule has 76 valence electrons. The van der Waals surface area contributed by atoms with Crippen molar-refractivity contribution in [2.75, 3.05) is 0 Å². The second kappa shape index (κ2) is 3.78. The molecule has 0 bridgehead atoms. The molecule has 0 aliphatic rings. The van der Waals surface area contributed by atoms with Crippen molar-refractivity contribution < 1.29 is 14.3 Å². The summed E-state index contributed by atoms with van der Waals surface area (Å²) in [6, 6.07) is 3.04. The summed E-state index contributed by atoms with van der Waals surface area (Å²) in [7, 11) is 0. The molecule has 1 aromatic rings. The predicted molar refractivity (Wildman–Crippen MR) is 52.2 cm³/mol. The molecule has 2 nitrogen and oxygen atoms in total. The molecule has 3 heteroatoms. The Labute approximate surface area is 82.4 Å². The second-order valence-electron chi connectivity index (χ2n) is 3.68. The summed E-state index contributed by atoms with van der Waals surface area (Å²) < 4.78 is 13.6. The molecule has 0 aliphatic heterocycles. The zero-order valence-electron chi connectivity index (χ0n) is 8.47. The third-order valence-electron chi connectivity index (χ3n) is 2.10. The number of hydrogen-bond acceptors (Lipinski definition) is 1. The van der Waals surface area contributed by atoms with E-state index < -0.39 is 11.8 Å². The van der Waals surface area contributed by atoms with Crippen molar-refractivity contribution in [1.29, 1.82) is 0 Å². The van der Waals surface area contributed by atoms with Gasteiger partial charge < -0.3 is 5.11 Å². The zero-order chi connectivity index (χ0) is 10.9. The van der Waals surface area contributed by atoms with Crippen LogP contribution in [0.1, 0.15) is 41.3 Å². The van der Waals surface area contributed by atoms with Gasteiger partial charge in [-0.15, -0.1) is 0 Å². The van der Waals surface area contributed by atoms with E-state index in [0.29, 0.717) is 5.56 Å². The Morgan fingerprint density at radius 2 is 2.00 bits per heavy atom. The molecule has 0 aromatic heterocycles. The number of benzene rings is 1. The lowest BCUT2D eigenvalue weighted by Crippen LogP contribution is -2.05. The lowest BCUT2D eigenvalue weighted by atomic mass is 9.97. The van der Waals surface area contributed by atoms with Gasteiger partial charge in [-0.05, 0) is 30.0 Å². The quantitative estimate of drug-likeness (QED) is 0.789. The Bertz CT molecular complexity index is 370. The van der Waals surface area contributed by atoms with Gasteiger partial charge in [-0.2, -0.15) is 0 Å².